The minimum Gasteiger partial charge on any atom is -0.493 e. The molecule has 2 aliphatic rings. The molecule has 1 atom stereocenters. The summed E-state index contributed by atoms with van der Waals surface area (Å²) in [4.78, 5) is 38.6. The number of likely N-dealkylation sites (tertiary alicyclic amines) is 1. The number of benzene rings is 1. The zero-order chi connectivity index (χ0) is 19.4. The molecule has 3 rings (SSSR count). The molecule has 1 saturated carbocycles. The summed E-state index contributed by atoms with van der Waals surface area (Å²) in [5.74, 6) is -0.351. The molecule has 0 N–H and O–H groups in total. The lowest BCUT2D eigenvalue weighted by Gasteiger charge is -2.23. The number of carbonyl (C=O) groups is 3. The van der Waals surface area contributed by atoms with Crippen LogP contribution in [0, 0.1) is 5.92 Å². The number of carbonyl (C=O) groups excluding carboxylic acids is 3. The first kappa shape index (κ1) is 19.2. The Morgan fingerprint density at radius 2 is 1.81 bits per heavy atom. The van der Waals surface area contributed by atoms with Crippen LogP contribution in [0.25, 0.3) is 0 Å². The maximum absolute atomic E-state index is 12.3. The van der Waals surface area contributed by atoms with Crippen molar-refractivity contribution >= 4 is 17.7 Å². The third kappa shape index (κ3) is 4.23. The molecule has 1 saturated heterocycles. The number of rotatable bonds is 7. The van der Waals surface area contributed by atoms with E-state index in [2.05, 4.69) is 0 Å². The number of esters is 1. The average Bonchev–Trinajstić information content (AvgIpc) is 3.34. The fraction of sp³-hybridized carbons (Fsp3) is 0.550. The highest BCUT2D eigenvalue weighted by atomic mass is 16.5. The standard InChI is InChI=1S/C20H25NO6/c1-25-17-8-7-13(9-18(17)26-2)16(22)12-27-20(24)14-10-19(23)21(11-14)15-5-3-4-6-15/h7-9,14-15H,3-6,10-12H2,1-2H3/t14-/m1/s1. The van der Waals surface area contributed by atoms with E-state index in [0.717, 1.165) is 25.7 Å². The average molecular weight is 375 g/mol. The number of nitrogens with zero attached hydrogens (tertiary/aromatic N) is 1. The highest BCUT2D eigenvalue weighted by Gasteiger charge is 2.39. The van der Waals surface area contributed by atoms with Crippen LogP contribution in [0.2, 0.25) is 0 Å². The SMILES string of the molecule is COc1ccc(C(=O)COC(=O)[C@@H]2CC(=O)N(C3CCCC3)C2)cc1OC. The Hall–Kier alpha value is -2.57. The molecule has 0 radical (unpaired) electrons. The fourth-order valence-electron chi connectivity index (χ4n) is 3.81. The number of ketones is 1. The zero-order valence-electron chi connectivity index (χ0n) is 15.7. The molecule has 0 unspecified atom stereocenters. The van der Waals surface area contributed by atoms with E-state index in [1.54, 1.807) is 18.2 Å². The lowest BCUT2D eigenvalue weighted by Crippen LogP contribution is -2.35. The number of hydrogen-bond donors (Lipinski definition) is 0. The molecule has 1 aromatic carbocycles. The quantitative estimate of drug-likeness (QED) is 0.537. The van der Waals surface area contributed by atoms with Gasteiger partial charge in [-0.15, -0.1) is 0 Å². The van der Waals surface area contributed by atoms with Crippen molar-refractivity contribution in [2.45, 2.75) is 38.1 Å². The van der Waals surface area contributed by atoms with Gasteiger partial charge in [-0.25, -0.2) is 0 Å². The van der Waals surface area contributed by atoms with Crippen molar-refractivity contribution < 1.29 is 28.6 Å². The number of amides is 1. The molecular weight excluding hydrogens is 350 g/mol. The normalized spacial score (nSPS) is 20.0. The van der Waals surface area contributed by atoms with E-state index in [1.807, 2.05) is 4.90 Å². The van der Waals surface area contributed by atoms with Gasteiger partial charge in [0.1, 0.15) is 0 Å². The Bertz CT molecular complexity index is 725. The Morgan fingerprint density at radius 3 is 2.48 bits per heavy atom. The van der Waals surface area contributed by atoms with Gasteiger partial charge in [0, 0.05) is 24.6 Å². The van der Waals surface area contributed by atoms with Gasteiger partial charge in [-0.3, -0.25) is 14.4 Å². The first-order chi connectivity index (χ1) is 13.0. The molecule has 1 amide bonds. The summed E-state index contributed by atoms with van der Waals surface area (Å²) in [5, 5.41) is 0. The smallest absolute Gasteiger partial charge is 0.311 e. The van der Waals surface area contributed by atoms with Gasteiger partial charge in [-0.2, -0.15) is 0 Å². The minimum atomic E-state index is -0.490. The van der Waals surface area contributed by atoms with Gasteiger partial charge < -0.3 is 19.1 Å². The van der Waals surface area contributed by atoms with Crippen LogP contribution < -0.4 is 9.47 Å². The zero-order valence-corrected chi connectivity index (χ0v) is 15.7. The van der Waals surface area contributed by atoms with E-state index in [4.69, 9.17) is 14.2 Å². The second-order valence-electron chi connectivity index (χ2n) is 6.99. The minimum absolute atomic E-state index is 0.00932. The van der Waals surface area contributed by atoms with Crippen molar-refractivity contribution in [3.8, 4) is 11.5 Å². The summed E-state index contributed by atoms with van der Waals surface area (Å²) in [6.07, 6.45) is 4.43. The summed E-state index contributed by atoms with van der Waals surface area (Å²) >= 11 is 0. The van der Waals surface area contributed by atoms with Gasteiger partial charge >= 0.3 is 5.97 Å². The van der Waals surface area contributed by atoms with Gasteiger partial charge in [0.2, 0.25) is 5.91 Å². The third-order valence-electron chi connectivity index (χ3n) is 5.31. The lowest BCUT2D eigenvalue weighted by atomic mass is 10.1. The van der Waals surface area contributed by atoms with Crippen molar-refractivity contribution in [3.63, 3.8) is 0 Å². The third-order valence-corrected chi connectivity index (χ3v) is 5.31. The Morgan fingerprint density at radius 1 is 1.11 bits per heavy atom. The van der Waals surface area contributed by atoms with Crippen molar-refractivity contribution in [1.82, 2.24) is 4.90 Å². The molecule has 1 aliphatic carbocycles. The number of ether oxygens (including phenoxy) is 3. The Kier molecular flexibility index (Phi) is 5.98. The van der Waals surface area contributed by atoms with Gasteiger partial charge in [0.25, 0.3) is 0 Å². The number of hydrogen-bond acceptors (Lipinski definition) is 6. The molecule has 0 aromatic heterocycles. The van der Waals surface area contributed by atoms with Crippen molar-refractivity contribution in [3.05, 3.63) is 23.8 Å². The largest absolute Gasteiger partial charge is 0.493 e. The molecule has 7 heteroatoms. The van der Waals surface area contributed by atoms with Crippen molar-refractivity contribution in [2.75, 3.05) is 27.4 Å². The maximum atomic E-state index is 12.3. The second kappa shape index (κ2) is 8.41. The molecule has 27 heavy (non-hydrogen) atoms. The van der Waals surface area contributed by atoms with Crippen LogP contribution in [0.1, 0.15) is 42.5 Å². The molecule has 146 valence electrons. The van der Waals surface area contributed by atoms with E-state index in [1.165, 1.54) is 14.2 Å². The van der Waals surface area contributed by atoms with E-state index >= 15 is 0 Å². The predicted octanol–water partition coefficient (Wildman–Crippen LogP) is 2.22. The second-order valence-corrected chi connectivity index (χ2v) is 6.99. The van der Waals surface area contributed by atoms with Gasteiger partial charge in [-0.05, 0) is 31.0 Å². The van der Waals surface area contributed by atoms with Crippen LogP contribution in [-0.2, 0) is 14.3 Å². The van der Waals surface area contributed by atoms with Crippen LogP contribution in [0.5, 0.6) is 11.5 Å². The van der Waals surface area contributed by atoms with E-state index in [9.17, 15) is 14.4 Å². The molecule has 2 fully saturated rings. The Labute approximate surface area is 158 Å². The summed E-state index contributed by atoms with van der Waals surface area (Å²) in [6.45, 7) is 0.0370. The van der Waals surface area contributed by atoms with Crippen LogP contribution in [0.15, 0.2) is 18.2 Å². The van der Waals surface area contributed by atoms with E-state index in [0.29, 0.717) is 23.6 Å². The summed E-state index contributed by atoms with van der Waals surface area (Å²) in [7, 11) is 3.00. The molecule has 1 heterocycles. The number of methoxy groups -OCH3 is 2. The molecule has 1 aliphatic heterocycles. The highest BCUT2D eigenvalue weighted by Crippen LogP contribution is 2.30. The predicted molar refractivity (Wildman–Crippen MR) is 96.9 cm³/mol. The van der Waals surface area contributed by atoms with E-state index in [-0.39, 0.29) is 30.8 Å². The molecule has 0 bridgehead atoms. The van der Waals surface area contributed by atoms with Crippen LogP contribution >= 0.6 is 0 Å². The first-order valence-corrected chi connectivity index (χ1v) is 9.24. The van der Waals surface area contributed by atoms with Crippen molar-refractivity contribution in [1.29, 1.82) is 0 Å². The maximum Gasteiger partial charge on any atom is 0.311 e. The molecule has 0 spiro atoms. The summed E-state index contributed by atoms with van der Waals surface area (Å²) in [6, 6.07) is 5.03. The lowest BCUT2D eigenvalue weighted by molar-refractivity contribution is -0.147. The summed E-state index contributed by atoms with van der Waals surface area (Å²) < 4.78 is 15.5. The molecule has 7 nitrogen and oxygen atoms in total. The fourth-order valence-corrected chi connectivity index (χ4v) is 3.81. The summed E-state index contributed by atoms with van der Waals surface area (Å²) in [5.41, 5.74) is 0.371. The monoisotopic (exact) mass is 375 g/mol. The van der Waals surface area contributed by atoms with Crippen LogP contribution in [0.3, 0.4) is 0 Å². The van der Waals surface area contributed by atoms with Gasteiger partial charge in [0.15, 0.2) is 23.9 Å². The topological polar surface area (TPSA) is 82.1 Å². The Balaban J connectivity index is 1.54. The molecule has 1 aromatic rings. The first-order valence-electron chi connectivity index (χ1n) is 9.24. The highest BCUT2D eigenvalue weighted by molar-refractivity contribution is 5.99. The molecular formula is C20H25NO6. The van der Waals surface area contributed by atoms with Gasteiger partial charge in [-0.1, -0.05) is 12.8 Å². The van der Waals surface area contributed by atoms with Crippen LogP contribution in [-0.4, -0.2) is 56.0 Å². The van der Waals surface area contributed by atoms with Gasteiger partial charge in [0.05, 0.1) is 20.1 Å². The van der Waals surface area contributed by atoms with E-state index < -0.39 is 11.9 Å². The van der Waals surface area contributed by atoms with Crippen LogP contribution in [0.4, 0.5) is 0 Å². The number of Topliss-reactive ketones (excluding diaryl/α,β-unsaturated/α-hetero) is 1. The van der Waals surface area contributed by atoms with Crippen molar-refractivity contribution in [2.24, 2.45) is 5.92 Å².